The van der Waals surface area contributed by atoms with E-state index in [4.69, 9.17) is 15.9 Å². The Morgan fingerprint density at radius 1 is 1.67 bits per heavy atom. The molecule has 0 amide bonds. The molecule has 15 heavy (non-hydrogen) atoms. The van der Waals surface area contributed by atoms with Gasteiger partial charge in [-0.1, -0.05) is 13.3 Å². The predicted octanol–water partition coefficient (Wildman–Crippen LogP) is 1.33. The van der Waals surface area contributed by atoms with Crippen molar-refractivity contribution in [3.05, 3.63) is 17.8 Å². The van der Waals surface area contributed by atoms with Gasteiger partial charge < -0.3 is 10.5 Å². The lowest BCUT2D eigenvalue weighted by Gasteiger charge is -2.14. The van der Waals surface area contributed by atoms with E-state index in [-0.39, 0.29) is 11.9 Å². The van der Waals surface area contributed by atoms with Crippen molar-refractivity contribution in [2.45, 2.75) is 32.8 Å². The molecule has 0 saturated heterocycles. The Morgan fingerprint density at radius 2 is 2.40 bits per heavy atom. The fraction of sp³-hybridized carbons (Fsp3) is 0.500. The Balaban J connectivity index is 2.79. The smallest absolute Gasteiger partial charge is 0.244 e. The maximum absolute atomic E-state index is 7.35. The number of ether oxygens (including phenoxy) is 1. The summed E-state index contributed by atoms with van der Waals surface area (Å²) in [7, 11) is 0. The van der Waals surface area contributed by atoms with Crippen LogP contribution in [0.3, 0.4) is 0 Å². The fourth-order valence-electron chi connectivity index (χ4n) is 1.27. The van der Waals surface area contributed by atoms with Gasteiger partial charge >= 0.3 is 0 Å². The monoisotopic (exact) mass is 208 g/mol. The van der Waals surface area contributed by atoms with Crippen molar-refractivity contribution in [3.8, 4) is 5.88 Å². The number of nitrogen functional groups attached to an aromatic ring is 1. The largest absolute Gasteiger partial charge is 0.473 e. The molecule has 1 atom stereocenters. The summed E-state index contributed by atoms with van der Waals surface area (Å²) < 4.78 is 5.55. The second-order valence-electron chi connectivity index (χ2n) is 3.38. The van der Waals surface area contributed by atoms with Crippen LogP contribution in [0, 0.1) is 5.41 Å². The Morgan fingerprint density at radius 3 is 3.00 bits per heavy atom. The highest BCUT2D eigenvalue weighted by atomic mass is 16.5. The highest BCUT2D eigenvalue weighted by Gasteiger charge is 2.11. The SMILES string of the molecule is CCCC(C)Oc1nnccc1C(=N)N. The molecule has 3 N–H and O–H groups in total. The van der Waals surface area contributed by atoms with Crippen LogP contribution in [-0.4, -0.2) is 22.1 Å². The van der Waals surface area contributed by atoms with E-state index >= 15 is 0 Å². The number of nitrogens with zero attached hydrogens (tertiary/aromatic N) is 2. The second-order valence-corrected chi connectivity index (χ2v) is 3.38. The summed E-state index contributed by atoms with van der Waals surface area (Å²) in [6, 6.07) is 1.63. The molecule has 0 radical (unpaired) electrons. The summed E-state index contributed by atoms with van der Waals surface area (Å²) in [4.78, 5) is 0. The molecule has 0 spiro atoms. The van der Waals surface area contributed by atoms with Crippen LogP contribution < -0.4 is 10.5 Å². The number of rotatable bonds is 5. The lowest BCUT2D eigenvalue weighted by molar-refractivity contribution is 0.199. The van der Waals surface area contributed by atoms with Gasteiger partial charge in [0, 0.05) is 0 Å². The minimum Gasteiger partial charge on any atom is -0.473 e. The average Bonchev–Trinajstić information content (AvgIpc) is 2.18. The van der Waals surface area contributed by atoms with Crippen LogP contribution in [-0.2, 0) is 0 Å². The minimum absolute atomic E-state index is 0.0522. The molecular weight excluding hydrogens is 192 g/mol. The lowest BCUT2D eigenvalue weighted by Crippen LogP contribution is -2.18. The van der Waals surface area contributed by atoms with Crippen molar-refractivity contribution >= 4 is 5.84 Å². The Labute approximate surface area is 89.2 Å². The highest BCUT2D eigenvalue weighted by Crippen LogP contribution is 2.15. The molecule has 0 aliphatic rings. The van der Waals surface area contributed by atoms with Gasteiger partial charge in [0.15, 0.2) is 0 Å². The van der Waals surface area contributed by atoms with E-state index in [1.165, 1.54) is 6.20 Å². The number of nitrogens with one attached hydrogen (secondary N) is 1. The van der Waals surface area contributed by atoms with E-state index in [0.717, 1.165) is 12.8 Å². The number of nitrogens with two attached hydrogens (primary N) is 1. The van der Waals surface area contributed by atoms with E-state index < -0.39 is 0 Å². The summed E-state index contributed by atoms with van der Waals surface area (Å²) in [6.45, 7) is 4.05. The zero-order valence-electron chi connectivity index (χ0n) is 9.03. The molecule has 1 rings (SSSR count). The predicted molar refractivity (Wildman–Crippen MR) is 58.0 cm³/mol. The first-order chi connectivity index (χ1) is 7.15. The molecule has 0 bridgehead atoms. The third-order valence-electron chi connectivity index (χ3n) is 1.99. The molecule has 1 unspecified atom stereocenters. The molecule has 0 aliphatic heterocycles. The van der Waals surface area contributed by atoms with E-state index in [2.05, 4.69) is 17.1 Å². The van der Waals surface area contributed by atoms with E-state index in [1.807, 2.05) is 6.92 Å². The zero-order valence-corrected chi connectivity index (χ0v) is 9.03. The van der Waals surface area contributed by atoms with Crippen LogP contribution >= 0.6 is 0 Å². The van der Waals surface area contributed by atoms with Gasteiger partial charge in [0.2, 0.25) is 5.88 Å². The normalized spacial score (nSPS) is 12.1. The standard InChI is InChI=1S/C10H16N4O/c1-3-4-7(2)15-10-8(9(11)12)5-6-13-14-10/h5-7H,3-4H2,1-2H3,(H3,11,12). The quantitative estimate of drug-likeness (QED) is 0.564. The van der Waals surface area contributed by atoms with Crippen LogP contribution in [0.1, 0.15) is 32.3 Å². The molecule has 0 aliphatic carbocycles. The Bertz CT molecular complexity index is 340. The van der Waals surface area contributed by atoms with Crippen LogP contribution in [0.4, 0.5) is 0 Å². The van der Waals surface area contributed by atoms with E-state index in [9.17, 15) is 0 Å². The molecule has 1 heterocycles. The van der Waals surface area contributed by atoms with Gasteiger partial charge in [-0.15, -0.1) is 5.10 Å². The fourth-order valence-corrected chi connectivity index (χ4v) is 1.27. The summed E-state index contributed by atoms with van der Waals surface area (Å²) in [5, 5.41) is 14.9. The van der Waals surface area contributed by atoms with E-state index in [0.29, 0.717) is 11.4 Å². The molecule has 1 aromatic heterocycles. The van der Waals surface area contributed by atoms with Gasteiger partial charge in [-0.2, -0.15) is 5.10 Å². The lowest BCUT2D eigenvalue weighted by atomic mass is 10.2. The summed E-state index contributed by atoms with van der Waals surface area (Å²) in [5.74, 6) is 0.287. The van der Waals surface area contributed by atoms with Gasteiger partial charge in [-0.25, -0.2) is 0 Å². The first-order valence-corrected chi connectivity index (χ1v) is 4.98. The Hall–Kier alpha value is -1.65. The number of aromatic nitrogens is 2. The summed E-state index contributed by atoms with van der Waals surface area (Å²) in [6.07, 6.45) is 3.53. The van der Waals surface area contributed by atoms with Gasteiger partial charge in [-0.3, -0.25) is 5.41 Å². The molecule has 5 nitrogen and oxygen atoms in total. The molecule has 0 aromatic carbocycles. The van der Waals surface area contributed by atoms with Crippen molar-refractivity contribution in [3.63, 3.8) is 0 Å². The van der Waals surface area contributed by atoms with Gasteiger partial charge in [-0.05, 0) is 19.4 Å². The van der Waals surface area contributed by atoms with Crippen LogP contribution in [0.5, 0.6) is 5.88 Å². The maximum atomic E-state index is 7.35. The second kappa shape index (κ2) is 5.29. The summed E-state index contributed by atoms with van der Waals surface area (Å²) in [5.41, 5.74) is 5.89. The molecule has 0 saturated carbocycles. The highest BCUT2D eigenvalue weighted by molar-refractivity contribution is 5.96. The number of hydrogen-bond donors (Lipinski definition) is 2. The topological polar surface area (TPSA) is 84.9 Å². The molecule has 1 aromatic rings. The first kappa shape index (κ1) is 11.4. The third kappa shape index (κ3) is 3.19. The van der Waals surface area contributed by atoms with Crippen molar-refractivity contribution in [1.82, 2.24) is 10.2 Å². The van der Waals surface area contributed by atoms with Crippen LogP contribution in [0.15, 0.2) is 12.3 Å². The third-order valence-corrected chi connectivity index (χ3v) is 1.99. The number of amidine groups is 1. The van der Waals surface area contributed by atoms with Crippen molar-refractivity contribution in [1.29, 1.82) is 5.41 Å². The van der Waals surface area contributed by atoms with Crippen molar-refractivity contribution < 1.29 is 4.74 Å². The van der Waals surface area contributed by atoms with Gasteiger partial charge in [0.25, 0.3) is 0 Å². The molecule has 0 fully saturated rings. The minimum atomic E-state index is -0.0522. The maximum Gasteiger partial charge on any atom is 0.244 e. The van der Waals surface area contributed by atoms with Gasteiger partial charge in [0.1, 0.15) is 5.84 Å². The van der Waals surface area contributed by atoms with Crippen LogP contribution in [0.25, 0.3) is 0 Å². The zero-order chi connectivity index (χ0) is 11.3. The van der Waals surface area contributed by atoms with Crippen molar-refractivity contribution in [2.75, 3.05) is 0 Å². The van der Waals surface area contributed by atoms with E-state index in [1.54, 1.807) is 6.07 Å². The Kier molecular flexibility index (Phi) is 4.03. The molecular formula is C10H16N4O. The van der Waals surface area contributed by atoms with Crippen molar-refractivity contribution in [2.24, 2.45) is 5.73 Å². The summed E-state index contributed by atoms with van der Waals surface area (Å²) >= 11 is 0. The number of hydrogen-bond acceptors (Lipinski definition) is 4. The average molecular weight is 208 g/mol. The molecule has 82 valence electrons. The van der Waals surface area contributed by atoms with Gasteiger partial charge in [0.05, 0.1) is 17.9 Å². The molecule has 5 heteroatoms. The first-order valence-electron chi connectivity index (χ1n) is 4.98. The van der Waals surface area contributed by atoms with Crippen LogP contribution in [0.2, 0.25) is 0 Å².